The SMILES string of the molecule is CCB(CCO)C[C@H](C)C1C(C)CC1N. The van der Waals surface area contributed by atoms with Crippen LogP contribution in [-0.2, 0) is 0 Å². The summed E-state index contributed by atoms with van der Waals surface area (Å²) < 4.78 is 0. The van der Waals surface area contributed by atoms with Crippen molar-refractivity contribution >= 4 is 6.71 Å². The van der Waals surface area contributed by atoms with Crippen LogP contribution >= 0.6 is 0 Å². The molecule has 3 heteroatoms. The summed E-state index contributed by atoms with van der Waals surface area (Å²) in [6.07, 6.45) is 4.57. The van der Waals surface area contributed by atoms with Crippen LogP contribution in [0.1, 0.15) is 27.2 Å². The Morgan fingerprint density at radius 3 is 2.60 bits per heavy atom. The largest absolute Gasteiger partial charge is 0.397 e. The minimum atomic E-state index is 0.331. The lowest BCUT2D eigenvalue weighted by Crippen LogP contribution is -2.49. The number of aliphatic hydroxyl groups is 1. The normalized spacial score (nSPS) is 32.2. The molecule has 0 aromatic carbocycles. The van der Waals surface area contributed by atoms with Crippen LogP contribution in [0.25, 0.3) is 0 Å². The minimum Gasteiger partial charge on any atom is -0.397 e. The van der Waals surface area contributed by atoms with Gasteiger partial charge in [-0.1, -0.05) is 39.7 Å². The predicted octanol–water partition coefficient (Wildman–Crippen LogP) is 2.11. The fourth-order valence-electron chi connectivity index (χ4n) is 3.31. The molecule has 1 rings (SSSR count). The lowest BCUT2D eigenvalue weighted by Gasteiger charge is -2.45. The monoisotopic (exact) mass is 211 g/mol. The Hall–Kier alpha value is -0.0151. The zero-order valence-corrected chi connectivity index (χ0v) is 10.4. The molecule has 0 radical (unpaired) electrons. The average Bonchev–Trinajstić information content (AvgIpc) is 2.16. The van der Waals surface area contributed by atoms with Gasteiger partial charge < -0.3 is 10.8 Å². The van der Waals surface area contributed by atoms with Crippen molar-refractivity contribution in [2.45, 2.75) is 52.2 Å². The number of hydrogen-bond acceptors (Lipinski definition) is 2. The number of aliphatic hydroxyl groups excluding tert-OH is 1. The van der Waals surface area contributed by atoms with Crippen LogP contribution < -0.4 is 5.73 Å². The van der Waals surface area contributed by atoms with E-state index < -0.39 is 0 Å². The van der Waals surface area contributed by atoms with Crippen LogP contribution in [0.15, 0.2) is 0 Å². The topological polar surface area (TPSA) is 46.2 Å². The minimum absolute atomic E-state index is 0.331. The third-order valence-corrected chi connectivity index (χ3v) is 4.27. The summed E-state index contributed by atoms with van der Waals surface area (Å²) in [5.41, 5.74) is 6.06. The first-order valence-electron chi connectivity index (χ1n) is 6.46. The van der Waals surface area contributed by atoms with Crippen molar-refractivity contribution in [2.24, 2.45) is 23.5 Å². The molecule has 3 N–H and O–H groups in total. The van der Waals surface area contributed by atoms with Crippen LogP contribution in [0, 0.1) is 17.8 Å². The molecule has 3 unspecified atom stereocenters. The second-order valence-corrected chi connectivity index (χ2v) is 5.45. The summed E-state index contributed by atoms with van der Waals surface area (Å²) in [7, 11) is 0. The smallest absolute Gasteiger partial charge is 0.142 e. The van der Waals surface area contributed by atoms with Gasteiger partial charge in [-0.15, -0.1) is 0 Å². The van der Waals surface area contributed by atoms with E-state index in [0.29, 0.717) is 19.4 Å². The van der Waals surface area contributed by atoms with E-state index in [-0.39, 0.29) is 0 Å². The van der Waals surface area contributed by atoms with E-state index in [1.54, 1.807) is 0 Å². The summed E-state index contributed by atoms with van der Waals surface area (Å²) in [4.78, 5) is 0. The van der Waals surface area contributed by atoms with Gasteiger partial charge in [0.2, 0.25) is 0 Å². The van der Waals surface area contributed by atoms with Crippen molar-refractivity contribution < 1.29 is 5.11 Å². The summed E-state index contributed by atoms with van der Waals surface area (Å²) >= 11 is 0. The average molecular weight is 211 g/mol. The number of nitrogens with two attached hydrogens (primary N) is 1. The molecule has 0 spiro atoms. The molecular weight excluding hydrogens is 185 g/mol. The molecule has 0 aromatic rings. The maximum Gasteiger partial charge on any atom is 0.142 e. The molecule has 2 nitrogen and oxygen atoms in total. The second-order valence-electron chi connectivity index (χ2n) is 5.45. The van der Waals surface area contributed by atoms with Gasteiger partial charge in [0.05, 0.1) is 0 Å². The van der Waals surface area contributed by atoms with E-state index in [4.69, 9.17) is 10.8 Å². The first-order valence-corrected chi connectivity index (χ1v) is 6.46. The van der Waals surface area contributed by atoms with Gasteiger partial charge in [0.1, 0.15) is 6.71 Å². The van der Waals surface area contributed by atoms with Gasteiger partial charge in [0, 0.05) is 12.6 Å². The zero-order valence-electron chi connectivity index (χ0n) is 10.4. The molecule has 0 heterocycles. The quantitative estimate of drug-likeness (QED) is 0.661. The van der Waals surface area contributed by atoms with Crippen LogP contribution in [0.4, 0.5) is 0 Å². The second kappa shape index (κ2) is 5.90. The van der Waals surface area contributed by atoms with Crippen molar-refractivity contribution in [1.29, 1.82) is 0 Å². The molecule has 0 bridgehead atoms. The molecule has 0 amide bonds. The van der Waals surface area contributed by atoms with Gasteiger partial charge in [-0.3, -0.25) is 0 Å². The summed E-state index contributed by atoms with van der Waals surface area (Å²) in [6, 6.07) is 0.432. The van der Waals surface area contributed by atoms with Gasteiger partial charge >= 0.3 is 0 Å². The predicted molar refractivity (Wildman–Crippen MR) is 67.3 cm³/mol. The van der Waals surface area contributed by atoms with E-state index in [1.165, 1.54) is 19.1 Å². The van der Waals surface area contributed by atoms with Crippen LogP contribution in [0.3, 0.4) is 0 Å². The standard InChI is InChI=1S/C12H26BNO/c1-4-13(5-6-15)8-10(3)12-9(2)7-11(12)14/h9-12,15H,4-8,14H2,1-3H3/t9?,10-,11?,12?/m0/s1. The maximum atomic E-state index is 8.97. The molecule has 1 saturated carbocycles. The van der Waals surface area contributed by atoms with Crippen LogP contribution in [0.2, 0.25) is 19.0 Å². The Labute approximate surface area is 94.7 Å². The summed E-state index contributed by atoms with van der Waals surface area (Å²) in [6.45, 7) is 7.89. The Balaban J connectivity index is 2.36. The molecule has 1 aliphatic rings. The van der Waals surface area contributed by atoms with Gasteiger partial charge in [-0.2, -0.15) is 0 Å². The fourth-order valence-corrected chi connectivity index (χ4v) is 3.31. The zero-order chi connectivity index (χ0) is 11.4. The fraction of sp³-hybridized carbons (Fsp3) is 1.00. The molecule has 15 heavy (non-hydrogen) atoms. The highest BCUT2D eigenvalue weighted by atomic mass is 16.2. The maximum absolute atomic E-state index is 8.97. The first-order chi connectivity index (χ1) is 7.10. The van der Waals surface area contributed by atoms with Gasteiger partial charge in [0.25, 0.3) is 0 Å². The first kappa shape index (κ1) is 13.1. The Kier molecular flexibility index (Phi) is 5.14. The summed E-state index contributed by atoms with van der Waals surface area (Å²) in [5, 5.41) is 8.97. The molecule has 4 atom stereocenters. The molecule has 0 aromatic heterocycles. The van der Waals surface area contributed by atoms with E-state index in [9.17, 15) is 0 Å². The van der Waals surface area contributed by atoms with E-state index >= 15 is 0 Å². The van der Waals surface area contributed by atoms with E-state index in [2.05, 4.69) is 20.8 Å². The highest BCUT2D eigenvalue weighted by molar-refractivity contribution is 6.58. The molecular formula is C12H26BNO. The highest BCUT2D eigenvalue weighted by Crippen LogP contribution is 2.40. The Bertz CT molecular complexity index is 180. The molecule has 88 valence electrons. The Morgan fingerprint density at radius 1 is 1.53 bits per heavy atom. The number of hydrogen-bond donors (Lipinski definition) is 2. The molecule has 1 fully saturated rings. The van der Waals surface area contributed by atoms with Crippen molar-refractivity contribution in [2.75, 3.05) is 6.61 Å². The third kappa shape index (κ3) is 3.22. The van der Waals surface area contributed by atoms with Crippen molar-refractivity contribution in [3.8, 4) is 0 Å². The van der Waals surface area contributed by atoms with E-state index in [0.717, 1.165) is 24.1 Å². The van der Waals surface area contributed by atoms with Crippen molar-refractivity contribution in [3.63, 3.8) is 0 Å². The van der Waals surface area contributed by atoms with Crippen molar-refractivity contribution in [3.05, 3.63) is 0 Å². The van der Waals surface area contributed by atoms with E-state index in [1.807, 2.05) is 0 Å². The lowest BCUT2D eigenvalue weighted by atomic mass is 9.40. The molecule has 1 aliphatic carbocycles. The van der Waals surface area contributed by atoms with Gasteiger partial charge in [-0.05, 0) is 24.2 Å². The van der Waals surface area contributed by atoms with Gasteiger partial charge in [-0.25, -0.2) is 0 Å². The summed E-state index contributed by atoms with van der Waals surface area (Å²) in [5.74, 6) is 2.25. The Morgan fingerprint density at radius 2 is 2.20 bits per heavy atom. The lowest BCUT2D eigenvalue weighted by molar-refractivity contribution is 0.102. The highest BCUT2D eigenvalue weighted by Gasteiger charge is 2.39. The van der Waals surface area contributed by atoms with Gasteiger partial charge in [0.15, 0.2) is 0 Å². The van der Waals surface area contributed by atoms with Crippen molar-refractivity contribution in [1.82, 2.24) is 0 Å². The molecule has 0 aliphatic heterocycles. The third-order valence-electron chi connectivity index (χ3n) is 4.27. The molecule has 0 saturated heterocycles. The van der Waals surface area contributed by atoms with Crippen LogP contribution in [0.5, 0.6) is 0 Å². The van der Waals surface area contributed by atoms with Crippen LogP contribution in [-0.4, -0.2) is 24.5 Å². The number of rotatable bonds is 6.